The van der Waals surface area contributed by atoms with E-state index in [1.54, 1.807) is 6.07 Å². The van der Waals surface area contributed by atoms with Gasteiger partial charge >= 0.3 is 0 Å². The Balaban J connectivity index is 2.33. The van der Waals surface area contributed by atoms with Crippen molar-refractivity contribution in [3.63, 3.8) is 0 Å². The van der Waals surface area contributed by atoms with Crippen LogP contribution in [-0.4, -0.2) is 11.0 Å². The lowest BCUT2D eigenvalue weighted by molar-refractivity contribution is -0.114. The van der Waals surface area contributed by atoms with Crippen LogP contribution in [0.1, 0.15) is 6.92 Å². The van der Waals surface area contributed by atoms with Crippen molar-refractivity contribution < 1.29 is 14.6 Å². The van der Waals surface area contributed by atoms with Crippen LogP contribution >= 0.6 is 0 Å². The molecular weight excluding hydrogens is 206 g/mol. The number of ether oxygens (including phenoxy) is 1. The van der Waals surface area contributed by atoms with E-state index in [4.69, 9.17) is 4.74 Å². The molecule has 2 aromatic rings. The van der Waals surface area contributed by atoms with E-state index in [1.807, 2.05) is 18.2 Å². The number of fused-ring (bicyclic) bond motifs is 2. The molecule has 2 aromatic carbocycles. The summed E-state index contributed by atoms with van der Waals surface area (Å²) in [6.07, 6.45) is 0. The van der Waals surface area contributed by atoms with E-state index >= 15 is 0 Å². The normalized spacial score (nSPS) is 11.8. The van der Waals surface area contributed by atoms with E-state index in [9.17, 15) is 9.90 Å². The fraction of sp³-hybridized carbons (Fsp3) is 0.0833. The van der Waals surface area contributed by atoms with Gasteiger partial charge in [0.15, 0.2) is 11.5 Å². The Morgan fingerprint density at radius 3 is 2.62 bits per heavy atom. The lowest BCUT2D eigenvalue weighted by atomic mass is 10.1. The topological polar surface area (TPSA) is 61.9 Å². The van der Waals surface area contributed by atoms with Crippen molar-refractivity contribution in [2.75, 3.05) is 5.32 Å². The van der Waals surface area contributed by atoms with Crippen LogP contribution in [0.3, 0.4) is 0 Å². The molecule has 0 fully saturated rings. The zero-order valence-electron chi connectivity index (χ0n) is 8.57. The first kappa shape index (κ1) is 9.03. The van der Waals surface area contributed by atoms with Crippen molar-refractivity contribution in [3.05, 3.63) is 24.3 Å². The number of anilines is 1. The predicted octanol–water partition coefficient (Wildman–Crippen LogP) is 2.61. The summed E-state index contributed by atoms with van der Waals surface area (Å²) in [5.74, 6) is 1.00. The molecule has 0 saturated heterocycles. The zero-order valence-corrected chi connectivity index (χ0v) is 8.57. The Kier molecular flexibility index (Phi) is 1.63. The maximum atomic E-state index is 11.1. The second kappa shape index (κ2) is 2.88. The molecule has 80 valence electrons. The molecule has 0 atom stereocenters. The Morgan fingerprint density at radius 2 is 1.94 bits per heavy atom. The van der Waals surface area contributed by atoms with E-state index in [2.05, 4.69) is 5.32 Å². The zero-order chi connectivity index (χ0) is 11.3. The molecule has 4 heteroatoms. The van der Waals surface area contributed by atoms with Gasteiger partial charge in [-0.05, 0) is 0 Å². The third-order valence-corrected chi connectivity index (χ3v) is 2.56. The van der Waals surface area contributed by atoms with Crippen LogP contribution in [0, 0.1) is 0 Å². The van der Waals surface area contributed by atoms with Gasteiger partial charge in [0.25, 0.3) is 0 Å². The van der Waals surface area contributed by atoms with Gasteiger partial charge in [0.1, 0.15) is 0 Å². The average Bonchev–Trinajstić information content (AvgIpc) is 3.04. The Hall–Kier alpha value is -2.23. The van der Waals surface area contributed by atoms with Crippen molar-refractivity contribution >= 4 is 22.4 Å². The minimum atomic E-state index is -0.159. The number of benzene rings is 2. The number of hydrogen-bond acceptors (Lipinski definition) is 3. The number of rotatable bonds is 1. The Bertz CT molecular complexity index is 619. The number of carbonyl (C=O) groups excluding carboxylic acids is 1. The molecule has 0 radical (unpaired) electrons. The molecule has 2 N–H and O–H groups in total. The van der Waals surface area contributed by atoms with Crippen LogP contribution in [0.15, 0.2) is 24.3 Å². The molecular formula is C12H9NO3. The minimum absolute atomic E-state index is 0.139. The van der Waals surface area contributed by atoms with Gasteiger partial charge < -0.3 is 15.2 Å². The molecule has 16 heavy (non-hydrogen) atoms. The largest absolute Gasteiger partial charge is 0.504 e. The van der Waals surface area contributed by atoms with Crippen molar-refractivity contribution in [3.8, 4) is 17.2 Å². The van der Waals surface area contributed by atoms with Gasteiger partial charge in [0, 0.05) is 17.7 Å². The maximum absolute atomic E-state index is 11.1. The molecule has 1 aliphatic heterocycles. The fourth-order valence-electron chi connectivity index (χ4n) is 1.85. The third-order valence-electron chi connectivity index (χ3n) is 2.56. The summed E-state index contributed by atoms with van der Waals surface area (Å²) in [5, 5.41) is 14.0. The van der Waals surface area contributed by atoms with E-state index in [-0.39, 0.29) is 11.7 Å². The highest BCUT2D eigenvalue weighted by Crippen LogP contribution is 2.60. The van der Waals surface area contributed by atoms with Crippen LogP contribution in [0.2, 0.25) is 0 Å². The quantitative estimate of drug-likeness (QED) is 0.484. The summed E-state index contributed by atoms with van der Waals surface area (Å²) in [5.41, 5.74) is 0.635. The lowest BCUT2D eigenvalue weighted by Gasteiger charge is -2.04. The molecule has 1 amide bonds. The lowest BCUT2D eigenvalue weighted by Crippen LogP contribution is -2.05. The number of phenols is 1. The number of amides is 1. The highest BCUT2D eigenvalue weighted by molar-refractivity contribution is 6.10. The van der Waals surface area contributed by atoms with E-state index in [0.29, 0.717) is 22.6 Å². The molecule has 0 saturated carbocycles. The Labute approximate surface area is 91.5 Å². The Morgan fingerprint density at radius 1 is 1.25 bits per heavy atom. The molecule has 0 unspecified atom stereocenters. The molecule has 1 aliphatic rings. The number of phenolic OH excluding ortho intramolecular Hbond substituents is 1. The first-order chi connectivity index (χ1) is 7.68. The van der Waals surface area contributed by atoms with Crippen LogP contribution in [-0.2, 0) is 4.79 Å². The SMILES string of the molecule is CC(=O)Nc1c2c(c(O)c3ccccc13)O2. The molecule has 0 spiro atoms. The molecule has 4 nitrogen and oxygen atoms in total. The molecule has 0 aliphatic carbocycles. The van der Waals surface area contributed by atoms with E-state index in [0.717, 1.165) is 5.39 Å². The third kappa shape index (κ3) is 1.13. The van der Waals surface area contributed by atoms with Gasteiger partial charge in [0.05, 0.1) is 5.69 Å². The van der Waals surface area contributed by atoms with Crippen LogP contribution in [0.5, 0.6) is 17.2 Å². The van der Waals surface area contributed by atoms with Gasteiger partial charge in [-0.15, -0.1) is 0 Å². The summed E-state index contributed by atoms with van der Waals surface area (Å²) < 4.78 is 5.18. The summed E-state index contributed by atoms with van der Waals surface area (Å²) in [4.78, 5) is 11.1. The van der Waals surface area contributed by atoms with Crippen LogP contribution in [0.4, 0.5) is 5.69 Å². The summed E-state index contributed by atoms with van der Waals surface area (Å²) in [6, 6.07) is 7.30. The molecule has 3 rings (SSSR count). The summed E-state index contributed by atoms with van der Waals surface area (Å²) in [6.45, 7) is 1.44. The maximum Gasteiger partial charge on any atom is 0.221 e. The molecule has 1 heterocycles. The fourth-order valence-corrected chi connectivity index (χ4v) is 1.85. The average molecular weight is 215 g/mol. The second-order valence-electron chi connectivity index (χ2n) is 3.71. The van der Waals surface area contributed by atoms with Crippen molar-refractivity contribution in [2.45, 2.75) is 6.92 Å². The van der Waals surface area contributed by atoms with E-state index in [1.165, 1.54) is 6.92 Å². The second-order valence-corrected chi connectivity index (χ2v) is 3.71. The highest BCUT2D eigenvalue weighted by atomic mass is 16.6. The standard InChI is InChI=1S/C12H9NO3/c1-6(14)13-9-7-4-2-3-5-8(7)10(15)12-11(9)16-12/h2-5,15H,1H3,(H,13,14). The van der Waals surface area contributed by atoms with Gasteiger partial charge in [-0.25, -0.2) is 0 Å². The van der Waals surface area contributed by atoms with Crippen LogP contribution in [0.25, 0.3) is 10.8 Å². The molecule has 0 aromatic heterocycles. The predicted molar refractivity (Wildman–Crippen MR) is 60.0 cm³/mol. The number of nitrogens with one attached hydrogen (secondary N) is 1. The van der Waals surface area contributed by atoms with E-state index < -0.39 is 0 Å². The number of hydrogen-bond donors (Lipinski definition) is 2. The molecule has 0 bridgehead atoms. The van der Waals surface area contributed by atoms with Gasteiger partial charge in [-0.1, -0.05) is 24.3 Å². The van der Waals surface area contributed by atoms with Crippen molar-refractivity contribution in [1.82, 2.24) is 0 Å². The smallest absolute Gasteiger partial charge is 0.221 e. The van der Waals surface area contributed by atoms with Crippen LogP contribution < -0.4 is 10.1 Å². The summed E-state index contributed by atoms with van der Waals surface area (Å²) >= 11 is 0. The monoisotopic (exact) mass is 215 g/mol. The highest BCUT2D eigenvalue weighted by Gasteiger charge is 2.33. The first-order valence-corrected chi connectivity index (χ1v) is 4.91. The number of carbonyl (C=O) groups is 1. The number of aromatic hydroxyl groups is 1. The van der Waals surface area contributed by atoms with Crippen molar-refractivity contribution in [1.29, 1.82) is 0 Å². The first-order valence-electron chi connectivity index (χ1n) is 4.91. The van der Waals surface area contributed by atoms with Gasteiger partial charge in [-0.3, -0.25) is 4.79 Å². The van der Waals surface area contributed by atoms with Crippen molar-refractivity contribution in [2.24, 2.45) is 0 Å². The summed E-state index contributed by atoms with van der Waals surface area (Å²) in [7, 11) is 0. The van der Waals surface area contributed by atoms with Gasteiger partial charge in [0.2, 0.25) is 11.7 Å². The minimum Gasteiger partial charge on any atom is -0.504 e. The van der Waals surface area contributed by atoms with Gasteiger partial charge in [-0.2, -0.15) is 0 Å².